The standard InChI is InChI=1S/C10H20N2/c1-8(2)12-9(3)4-5-10(12)6-7-11/h8,10H,3-7,11H2,1-2H3. The molecule has 0 bridgehead atoms. The van der Waals surface area contributed by atoms with Gasteiger partial charge in [0.05, 0.1) is 0 Å². The summed E-state index contributed by atoms with van der Waals surface area (Å²) in [6, 6.07) is 1.24. The minimum absolute atomic E-state index is 0.580. The van der Waals surface area contributed by atoms with E-state index in [0.29, 0.717) is 12.1 Å². The van der Waals surface area contributed by atoms with Gasteiger partial charge >= 0.3 is 0 Å². The van der Waals surface area contributed by atoms with Crippen molar-refractivity contribution in [3.8, 4) is 0 Å². The third kappa shape index (κ3) is 1.81. The van der Waals surface area contributed by atoms with Crippen LogP contribution in [-0.4, -0.2) is 23.5 Å². The molecule has 1 rings (SSSR count). The van der Waals surface area contributed by atoms with Crippen LogP contribution >= 0.6 is 0 Å². The second kappa shape index (κ2) is 3.94. The summed E-state index contributed by atoms with van der Waals surface area (Å²) in [6.45, 7) is 9.31. The van der Waals surface area contributed by atoms with Gasteiger partial charge in [-0.05, 0) is 39.7 Å². The Labute approximate surface area is 75.4 Å². The molecule has 70 valence electrons. The molecule has 2 nitrogen and oxygen atoms in total. The molecule has 0 spiro atoms. The number of hydrogen-bond acceptors (Lipinski definition) is 2. The van der Waals surface area contributed by atoms with Gasteiger partial charge in [-0.15, -0.1) is 0 Å². The van der Waals surface area contributed by atoms with E-state index in [1.165, 1.54) is 12.1 Å². The molecule has 1 heterocycles. The Morgan fingerprint density at radius 1 is 1.67 bits per heavy atom. The largest absolute Gasteiger partial charge is 0.370 e. The number of allylic oxidation sites excluding steroid dienone is 1. The lowest BCUT2D eigenvalue weighted by atomic mass is 10.1. The number of nitrogens with two attached hydrogens (primary N) is 1. The van der Waals surface area contributed by atoms with E-state index in [1.807, 2.05) is 0 Å². The van der Waals surface area contributed by atoms with E-state index in [-0.39, 0.29) is 0 Å². The maximum absolute atomic E-state index is 5.56. The van der Waals surface area contributed by atoms with Crippen molar-refractivity contribution in [2.24, 2.45) is 5.73 Å². The smallest absolute Gasteiger partial charge is 0.0305 e. The van der Waals surface area contributed by atoms with E-state index in [2.05, 4.69) is 25.3 Å². The first-order chi connectivity index (χ1) is 5.66. The molecule has 0 aliphatic carbocycles. The molecular weight excluding hydrogens is 148 g/mol. The molecule has 0 saturated carbocycles. The summed E-state index contributed by atoms with van der Waals surface area (Å²) >= 11 is 0. The van der Waals surface area contributed by atoms with Crippen molar-refractivity contribution in [1.82, 2.24) is 4.90 Å². The van der Waals surface area contributed by atoms with Gasteiger partial charge in [-0.2, -0.15) is 0 Å². The highest BCUT2D eigenvalue weighted by Gasteiger charge is 2.27. The van der Waals surface area contributed by atoms with Crippen molar-refractivity contribution in [1.29, 1.82) is 0 Å². The first kappa shape index (κ1) is 9.59. The molecule has 2 heteroatoms. The second-order valence-electron chi connectivity index (χ2n) is 3.84. The monoisotopic (exact) mass is 168 g/mol. The Balaban J connectivity index is 2.57. The minimum Gasteiger partial charge on any atom is -0.370 e. The van der Waals surface area contributed by atoms with Crippen LogP contribution in [0.2, 0.25) is 0 Å². The fourth-order valence-electron chi connectivity index (χ4n) is 2.12. The molecule has 2 N–H and O–H groups in total. The Morgan fingerprint density at radius 3 is 2.83 bits per heavy atom. The zero-order valence-electron chi connectivity index (χ0n) is 8.21. The van der Waals surface area contributed by atoms with E-state index >= 15 is 0 Å². The molecule has 1 atom stereocenters. The van der Waals surface area contributed by atoms with Gasteiger partial charge in [0.15, 0.2) is 0 Å². The Kier molecular flexibility index (Phi) is 3.15. The average molecular weight is 168 g/mol. The molecule has 1 fully saturated rings. The van der Waals surface area contributed by atoms with Gasteiger partial charge in [0, 0.05) is 17.8 Å². The Morgan fingerprint density at radius 2 is 2.33 bits per heavy atom. The maximum Gasteiger partial charge on any atom is 0.0305 e. The lowest BCUT2D eigenvalue weighted by molar-refractivity contribution is 0.234. The minimum atomic E-state index is 0.580. The molecule has 1 aliphatic heterocycles. The van der Waals surface area contributed by atoms with Crippen LogP contribution in [0.1, 0.15) is 33.1 Å². The summed E-state index contributed by atoms with van der Waals surface area (Å²) in [6.07, 6.45) is 3.51. The molecule has 0 amide bonds. The zero-order chi connectivity index (χ0) is 9.14. The fraction of sp³-hybridized carbons (Fsp3) is 0.800. The van der Waals surface area contributed by atoms with Crippen LogP contribution in [0.5, 0.6) is 0 Å². The molecule has 1 unspecified atom stereocenters. The molecule has 1 saturated heterocycles. The van der Waals surface area contributed by atoms with Crippen molar-refractivity contribution in [2.75, 3.05) is 6.54 Å². The van der Waals surface area contributed by atoms with Crippen molar-refractivity contribution in [3.63, 3.8) is 0 Å². The lowest BCUT2D eigenvalue weighted by Crippen LogP contribution is -2.35. The van der Waals surface area contributed by atoms with Gasteiger partial charge < -0.3 is 10.6 Å². The van der Waals surface area contributed by atoms with Crippen LogP contribution in [0.25, 0.3) is 0 Å². The predicted molar refractivity (Wildman–Crippen MR) is 52.8 cm³/mol. The summed E-state index contributed by atoms with van der Waals surface area (Å²) < 4.78 is 0. The fourth-order valence-corrected chi connectivity index (χ4v) is 2.12. The number of likely N-dealkylation sites (tertiary alicyclic amines) is 1. The van der Waals surface area contributed by atoms with Gasteiger partial charge in [0.2, 0.25) is 0 Å². The topological polar surface area (TPSA) is 29.3 Å². The zero-order valence-corrected chi connectivity index (χ0v) is 8.21. The van der Waals surface area contributed by atoms with Crippen LogP contribution in [0.4, 0.5) is 0 Å². The highest BCUT2D eigenvalue weighted by atomic mass is 15.2. The van der Waals surface area contributed by atoms with Gasteiger partial charge in [0.1, 0.15) is 0 Å². The molecule has 1 aliphatic rings. The summed E-state index contributed by atoms with van der Waals surface area (Å²) in [5, 5.41) is 0. The summed E-state index contributed by atoms with van der Waals surface area (Å²) in [4.78, 5) is 2.42. The van der Waals surface area contributed by atoms with Gasteiger partial charge in [-0.3, -0.25) is 0 Å². The number of nitrogens with zero attached hydrogens (tertiary/aromatic N) is 1. The van der Waals surface area contributed by atoms with Crippen molar-refractivity contribution in [2.45, 2.75) is 45.2 Å². The van der Waals surface area contributed by atoms with Crippen LogP contribution < -0.4 is 5.73 Å². The quantitative estimate of drug-likeness (QED) is 0.695. The first-order valence-corrected chi connectivity index (χ1v) is 4.83. The Hall–Kier alpha value is -0.500. The van der Waals surface area contributed by atoms with E-state index in [4.69, 9.17) is 5.73 Å². The molecule has 0 aromatic heterocycles. The van der Waals surface area contributed by atoms with Gasteiger partial charge in [0.25, 0.3) is 0 Å². The van der Waals surface area contributed by atoms with Crippen LogP contribution in [0.3, 0.4) is 0 Å². The van der Waals surface area contributed by atoms with E-state index < -0.39 is 0 Å². The van der Waals surface area contributed by atoms with Crippen molar-refractivity contribution < 1.29 is 0 Å². The van der Waals surface area contributed by atoms with Gasteiger partial charge in [-0.1, -0.05) is 6.58 Å². The van der Waals surface area contributed by atoms with Gasteiger partial charge in [-0.25, -0.2) is 0 Å². The Bertz CT molecular complexity index is 163. The van der Waals surface area contributed by atoms with Crippen LogP contribution in [-0.2, 0) is 0 Å². The summed E-state index contributed by atoms with van der Waals surface area (Å²) in [5.74, 6) is 0. The lowest BCUT2D eigenvalue weighted by Gasteiger charge is -2.31. The first-order valence-electron chi connectivity index (χ1n) is 4.83. The molecule has 0 radical (unpaired) electrons. The summed E-state index contributed by atoms with van der Waals surface area (Å²) in [5.41, 5.74) is 6.85. The third-order valence-electron chi connectivity index (χ3n) is 2.58. The van der Waals surface area contributed by atoms with E-state index in [9.17, 15) is 0 Å². The highest BCUT2D eigenvalue weighted by molar-refractivity contribution is 5.05. The highest BCUT2D eigenvalue weighted by Crippen LogP contribution is 2.29. The molecule has 12 heavy (non-hydrogen) atoms. The number of rotatable bonds is 3. The van der Waals surface area contributed by atoms with E-state index in [1.54, 1.807) is 0 Å². The van der Waals surface area contributed by atoms with E-state index in [0.717, 1.165) is 19.4 Å². The molecule has 0 aromatic carbocycles. The van der Waals surface area contributed by atoms with Crippen molar-refractivity contribution >= 4 is 0 Å². The summed E-state index contributed by atoms with van der Waals surface area (Å²) in [7, 11) is 0. The third-order valence-corrected chi connectivity index (χ3v) is 2.58. The maximum atomic E-state index is 5.56. The van der Waals surface area contributed by atoms with Crippen LogP contribution in [0.15, 0.2) is 12.3 Å². The normalized spacial score (nSPS) is 24.2. The predicted octanol–water partition coefficient (Wildman–Crippen LogP) is 1.72. The molecular formula is C10H20N2. The SMILES string of the molecule is C=C1CCC(CCN)N1C(C)C. The molecule has 0 aromatic rings. The van der Waals surface area contributed by atoms with Crippen molar-refractivity contribution in [3.05, 3.63) is 12.3 Å². The van der Waals surface area contributed by atoms with Crippen LogP contribution in [0, 0.1) is 0 Å². The second-order valence-corrected chi connectivity index (χ2v) is 3.84. The average Bonchev–Trinajstić information content (AvgIpc) is 2.32. The number of hydrogen-bond donors (Lipinski definition) is 1.